The number of nitrogens with zero attached hydrogens (tertiary/aromatic N) is 1. The molecule has 0 fully saturated rings. The first kappa shape index (κ1) is 10.7. The van der Waals surface area contributed by atoms with Gasteiger partial charge in [0.05, 0.1) is 6.04 Å². The van der Waals surface area contributed by atoms with Gasteiger partial charge in [0.2, 0.25) is 5.91 Å². The van der Waals surface area contributed by atoms with E-state index in [0.29, 0.717) is 13.0 Å². The highest BCUT2D eigenvalue weighted by atomic mass is 16.1. The van der Waals surface area contributed by atoms with Crippen LogP contribution in [-0.4, -0.2) is 16.9 Å². The van der Waals surface area contributed by atoms with Crippen molar-refractivity contribution >= 4 is 5.91 Å². The van der Waals surface area contributed by atoms with Gasteiger partial charge in [0.25, 0.3) is 0 Å². The van der Waals surface area contributed by atoms with Crippen LogP contribution in [0.25, 0.3) is 0 Å². The van der Waals surface area contributed by atoms with Crippen LogP contribution >= 0.6 is 0 Å². The van der Waals surface area contributed by atoms with Crippen molar-refractivity contribution in [3.05, 3.63) is 30.1 Å². The minimum absolute atomic E-state index is 0.254. The van der Waals surface area contributed by atoms with Crippen LogP contribution in [0, 0.1) is 0 Å². The molecule has 1 aromatic rings. The average molecular weight is 193 g/mol. The first-order chi connectivity index (χ1) is 6.74. The van der Waals surface area contributed by atoms with E-state index in [2.05, 4.69) is 10.3 Å². The molecule has 4 nitrogen and oxygen atoms in total. The largest absolute Gasteiger partial charge is 0.368 e. The molecule has 0 spiro atoms. The van der Waals surface area contributed by atoms with E-state index < -0.39 is 0 Å². The molecular formula is C10H15N3O. The number of hydrogen-bond donors (Lipinski definition) is 2. The van der Waals surface area contributed by atoms with Gasteiger partial charge in [-0.1, -0.05) is 13.0 Å². The molecule has 0 aliphatic heterocycles. The third kappa shape index (κ3) is 3.14. The monoisotopic (exact) mass is 193 g/mol. The molecule has 0 bridgehead atoms. The lowest BCUT2D eigenvalue weighted by molar-refractivity contribution is -0.120. The molecule has 4 heteroatoms. The minimum atomic E-state index is -0.309. The number of rotatable bonds is 5. The summed E-state index contributed by atoms with van der Waals surface area (Å²) in [5, 5.41) is 3.07. The van der Waals surface area contributed by atoms with Crippen LogP contribution in [-0.2, 0) is 11.3 Å². The molecule has 3 N–H and O–H groups in total. The van der Waals surface area contributed by atoms with E-state index in [9.17, 15) is 4.79 Å². The summed E-state index contributed by atoms with van der Waals surface area (Å²) in [6, 6.07) is 3.56. The Morgan fingerprint density at radius 1 is 1.71 bits per heavy atom. The predicted octanol–water partition coefficient (Wildman–Crippen LogP) is 0.435. The van der Waals surface area contributed by atoms with Crippen molar-refractivity contribution in [2.45, 2.75) is 25.9 Å². The molecular weight excluding hydrogens is 178 g/mol. The standard InChI is InChI=1S/C10H15N3O/c1-2-9(10(11)14)13-7-8-4-3-5-12-6-8/h3-6,9,13H,2,7H2,1H3,(H2,11,14). The summed E-state index contributed by atoms with van der Waals surface area (Å²) in [6.45, 7) is 2.54. The molecule has 0 aliphatic rings. The van der Waals surface area contributed by atoms with Crippen molar-refractivity contribution in [1.29, 1.82) is 0 Å². The molecule has 1 aromatic heterocycles. The van der Waals surface area contributed by atoms with Crippen LogP contribution in [0.2, 0.25) is 0 Å². The Morgan fingerprint density at radius 2 is 2.50 bits per heavy atom. The molecule has 1 heterocycles. The van der Waals surface area contributed by atoms with Crippen molar-refractivity contribution < 1.29 is 4.79 Å². The molecule has 0 saturated carbocycles. The maximum Gasteiger partial charge on any atom is 0.234 e. The van der Waals surface area contributed by atoms with Gasteiger partial charge in [0, 0.05) is 18.9 Å². The van der Waals surface area contributed by atoms with Crippen molar-refractivity contribution in [2.24, 2.45) is 5.73 Å². The average Bonchev–Trinajstić information content (AvgIpc) is 2.20. The Balaban J connectivity index is 2.44. The SMILES string of the molecule is CCC(NCc1cccnc1)C(N)=O. The molecule has 1 rings (SSSR count). The van der Waals surface area contributed by atoms with Crippen LogP contribution < -0.4 is 11.1 Å². The van der Waals surface area contributed by atoms with E-state index in [1.54, 1.807) is 12.4 Å². The van der Waals surface area contributed by atoms with Gasteiger partial charge >= 0.3 is 0 Å². The summed E-state index contributed by atoms with van der Waals surface area (Å²) in [5.74, 6) is -0.309. The second-order valence-electron chi connectivity index (χ2n) is 3.11. The molecule has 0 aromatic carbocycles. The first-order valence-electron chi connectivity index (χ1n) is 4.65. The number of carbonyl (C=O) groups excluding carboxylic acids is 1. The van der Waals surface area contributed by atoms with Gasteiger partial charge in [-0.05, 0) is 18.1 Å². The zero-order valence-corrected chi connectivity index (χ0v) is 8.23. The van der Waals surface area contributed by atoms with Crippen LogP contribution in [0.15, 0.2) is 24.5 Å². The van der Waals surface area contributed by atoms with E-state index in [0.717, 1.165) is 5.56 Å². The normalized spacial score (nSPS) is 12.4. The van der Waals surface area contributed by atoms with Crippen molar-refractivity contribution in [3.63, 3.8) is 0 Å². The number of hydrogen-bond acceptors (Lipinski definition) is 3. The van der Waals surface area contributed by atoms with E-state index in [1.165, 1.54) is 0 Å². The van der Waals surface area contributed by atoms with Gasteiger partial charge < -0.3 is 11.1 Å². The zero-order valence-electron chi connectivity index (χ0n) is 8.23. The van der Waals surface area contributed by atoms with Gasteiger partial charge in [-0.25, -0.2) is 0 Å². The highest BCUT2D eigenvalue weighted by Gasteiger charge is 2.10. The fourth-order valence-electron chi connectivity index (χ4n) is 1.19. The van der Waals surface area contributed by atoms with Gasteiger partial charge in [-0.3, -0.25) is 9.78 Å². The molecule has 76 valence electrons. The molecule has 0 aliphatic carbocycles. The Labute approximate surface area is 83.5 Å². The number of aromatic nitrogens is 1. The maximum atomic E-state index is 10.9. The van der Waals surface area contributed by atoms with Gasteiger partial charge in [0.15, 0.2) is 0 Å². The Hall–Kier alpha value is -1.42. The molecule has 0 saturated heterocycles. The molecule has 14 heavy (non-hydrogen) atoms. The van der Waals surface area contributed by atoms with Crippen LogP contribution in [0.5, 0.6) is 0 Å². The summed E-state index contributed by atoms with van der Waals surface area (Å²) in [5.41, 5.74) is 6.24. The van der Waals surface area contributed by atoms with Gasteiger partial charge in [-0.15, -0.1) is 0 Å². The highest BCUT2D eigenvalue weighted by Crippen LogP contribution is 1.97. The van der Waals surface area contributed by atoms with Crippen LogP contribution in [0.1, 0.15) is 18.9 Å². The first-order valence-corrected chi connectivity index (χ1v) is 4.65. The second kappa shape index (κ2) is 5.34. The van der Waals surface area contributed by atoms with Crippen molar-refractivity contribution in [2.75, 3.05) is 0 Å². The lowest BCUT2D eigenvalue weighted by atomic mass is 10.2. The summed E-state index contributed by atoms with van der Waals surface area (Å²) >= 11 is 0. The number of carbonyl (C=O) groups is 1. The lowest BCUT2D eigenvalue weighted by Crippen LogP contribution is -2.40. The minimum Gasteiger partial charge on any atom is -0.368 e. The predicted molar refractivity (Wildman–Crippen MR) is 54.4 cm³/mol. The smallest absolute Gasteiger partial charge is 0.234 e. The molecule has 1 atom stereocenters. The number of pyridine rings is 1. The van der Waals surface area contributed by atoms with Crippen molar-refractivity contribution in [3.8, 4) is 0 Å². The Morgan fingerprint density at radius 3 is 3.00 bits per heavy atom. The van der Waals surface area contributed by atoms with Gasteiger partial charge in [0.1, 0.15) is 0 Å². The number of primary amides is 1. The number of nitrogens with two attached hydrogens (primary N) is 1. The van der Waals surface area contributed by atoms with Crippen LogP contribution in [0.3, 0.4) is 0 Å². The zero-order chi connectivity index (χ0) is 10.4. The fourth-order valence-corrected chi connectivity index (χ4v) is 1.19. The Bertz CT molecular complexity index is 287. The van der Waals surface area contributed by atoms with E-state index in [4.69, 9.17) is 5.73 Å². The molecule has 0 radical (unpaired) electrons. The summed E-state index contributed by atoms with van der Waals surface area (Å²) < 4.78 is 0. The van der Waals surface area contributed by atoms with E-state index >= 15 is 0 Å². The summed E-state index contributed by atoms with van der Waals surface area (Å²) in [6.07, 6.45) is 4.19. The number of nitrogens with one attached hydrogen (secondary N) is 1. The fraction of sp³-hybridized carbons (Fsp3) is 0.400. The van der Waals surface area contributed by atoms with Gasteiger partial charge in [-0.2, -0.15) is 0 Å². The third-order valence-corrected chi connectivity index (χ3v) is 2.03. The highest BCUT2D eigenvalue weighted by molar-refractivity contribution is 5.79. The van der Waals surface area contributed by atoms with Crippen molar-refractivity contribution in [1.82, 2.24) is 10.3 Å². The second-order valence-corrected chi connectivity index (χ2v) is 3.11. The summed E-state index contributed by atoms with van der Waals surface area (Å²) in [7, 11) is 0. The molecule has 1 unspecified atom stereocenters. The van der Waals surface area contributed by atoms with E-state index in [-0.39, 0.29) is 11.9 Å². The van der Waals surface area contributed by atoms with Crippen LogP contribution in [0.4, 0.5) is 0 Å². The number of amides is 1. The Kier molecular flexibility index (Phi) is 4.07. The summed E-state index contributed by atoms with van der Waals surface area (Å²) in [4.78, 5) is 14.9. The lowest BCUT2D eigenvalue weighted by Gasteiger charge is -2.12. The quantitative estimate of drug-likeness (QED) is 0.712. The maximum absolute atomic E-state index is 10.9. The topological polar surface area (TPSA) is 68.0 Å². The third-order valence-electron chi connectivity index (χ3n) is 2.03. The van der Waals surface area contributed by atoms with E-state index in [1.807, 2.05) is 19.1 Å². The molecule has 1 amide bonds.